The van der Waals surface area contributed by atoms with Crippen molar-refractivity contribution in [1.82, 2.24) is 48.5 Å². The Balaban J connectivity index is 0.000000151. The van der Waals surface area contributed by atoms with E-state index in [2.05, 4.69) is 71.3 Å². The average Bonchev–Trinajstić information content (AvgIpc) is 0.784. The third-order valence-corrected chi connectivity index (χ3v) is 23.2. The van der Waals surface area contributed by atoms with Crippen LogP contribution in [0.3, 0.4) is 0 Å². The van der Waals surface area contributed by atoms with Gasteiger partial charge in [0.1, 0.15) is 34.9 Å². The summed E-state index contributed by atoms with van der Waals surface area (Å²) >= 11 is 19.4. The number of ketones is 3. The molecule has 6 saturated heterocycles. The van der Waals surface area contributed by atoms with Crippen LogP contribution in [-0.2, 0) is 48.2 Å². The second-order valence-electron chi connectivity index (χ2n) is 30.8. The van der Waals surface area contributed by atoms with E-state index in [1.54, 1.807) is 71.3 Å². The minimum Gasteiger partial charge on any atom is -0.480 e. The van der Waals surface area contributed by atoms with Gasteiger partial charge in [-0.1, -0.05) is 82.8 Å². The van der Waals surface area contributed by atoms with Gasteiger partial charge in [-0.25, -0.2) is 15.0 Å². The number of Topliss-reactive ketones (excluding diaryl/α,β-unsaturated/α-hetero) is 3. The molecule has 28 nitrogen and oxygen atoms in total. The summed E-state index contributed by atoms with van der Waals surface area (Å²) in [6.07, 6.45) is 14.3. The standard InChI is InChI=1S/C29H36ClN5O4.C28H35ClN6O4.C28H34ClN5O4/c1-3-19-6-5-10-34(15-19)29-31-14-24(30)27(33-29)32-22-7-8-25-21(12-22)13-26(39-18-23(36)4-2)28(37)35(25)11-9-20-16-38-17-20;1-3-22(36)18-39-25-14-20-13-21(5-6-24(20)35(27(25)37)8-7-19-16-38-17-19)31-26-23(29)15-30-28(32-26)34-11-9-33(4-2)10-12-34;1-3-22(35)17-38-25-12-20-11-21(6-7-24(20)34(27(25)36)10-8-19-15-37-16-19)31-26-23(29)13-30-28(32-26)33-9-4-5-18(2)14-33/h7-8,12-14,19-20H,3-6,9-11,15-18H2,1-2H3,(H,31,32,33);5-6,13-15,19H,3-4,7-12,16-18H2,1-2H3,(H,30,31,32);6-7,11-13,18-19H,3-5,8-10,14-17H2,1-2H3,(H,30,31,32)/t;;18-/m..0/s1. The zero-order valence-electron chi connectivity index (χ0n) is 67.0. The van der Waals surface area contributed by atoms with Crippen LogP contribution in [0.15, 0.2) is 106 Å². The number of anilines is 9. The Morgan fingerprint density at radius 1 is 0.448 bits per heavy atom. The highest BCUT2D eigenvalue weighted by Gasteiger charge is 2.28. The molecule has 0 spiro atoms. The van der Waals surface area contributed by atoms with E-state index in [0.717, 1.165) is 187 Å². The zero-order chi connectivity index (χ0) is 81.4. The summed E-state index contributed by atoms with van der Waals surface area (Å²) < 4.78 is 38.1. The van der Waals surface area contributed by atoms with E-state index in [1.165, 1.54) is 12.8 Å². The highest BCUT2D eigenvalue weighted by molar-refractivity contribution is 6.33. The zero-order valence-corrected chi connectivity index (χ0v) is 69.3. The van der Waals surface area contributed by atoms with E-state index in [0.29, 0.717) is 119 Å². The summed E-state index contributed by atoms with van der Waals surface area (Å²) in [6.45, 7) is 26.0. The van der Waals surface area contributed by atoms with Crippen molar-refractivity contribution in [3.05, 3.63) is 138 Å². The molecule has 3 N–H and O–H groups in total. The van der Waals surface area contributed by atoms with Crippen molar-refractivity contribution in [2.45, 2.75) is 132 Å². The molecule has 1 unspecified atom stereocenters. The summed E-state index contributed by atoms with van der Waals surface area (Å²) in [5.41, 5.74) is 3.99. The van der Waals surface area contributed by atoms with Gasteiger partial charge in [-0.05, 0) is 136 Å². The van der Waals surface area contributed by atoms with Gasteiger partial charge in [-0.2, -0.15) is 15.0 Å². The molecule has 6 aliphatic heterocycles. The highest BCUT2D eigenvalue weighted by Crippen LogP contribution is 2.35. The monoisotopic (exact) mass is 1650 g/mol. The highest BCUT2D eigenvalue weighted by atomic mass is 35.5. The van der Waals surface area contributed by atoms with Gasteiger partial charge in [-0.3, -0.25) is 28.8 Å². The molecule has 0 amide bonds. The molecule has 618 valence electrons. The molecule has 3 aromatic carbocycles. The van der Waals surface area contributed by atoms with Crippen molar-refractivity contribution in [1.29, 1.82) is 0 Å². The second kappa shape index (κ2) is 40.1. The number of ether oxygens (including phenoxy) is 6. The largest absolute Gasteiger partial charge is 0.480 e. The quantitative estimate of drug-likeness (QED) is 0.0353. The molecule has 15 rings (SSSR count). The number of hydrogen-bond acceptors (Lipinski definition) is 25. The fourth-order valence-electron chi connectivity index (χ4n) is 14.8. The number of nitrogens with one attached hydrogen (secondary N) is 3. The number of benzene rings is 3. The topological polar surface area (TPSA) is 299 Å². The second-order valence-corrected chi connectivity index (χ2v) is 32.0. The molecule has 0 bridgehead atoms. The van der Waals surface area contributed by atoms with E-state index < -0.39 is 0 Å². The molecule has 2 atom stereocenters. The Bertz CT molecular complexity index is 5150. The molecule has 6 fully saturated rings. The lowest BCUT2D eigenvalue weighted by molar-refractivity contribution is -0.121. The van der Waals surface area contributed by atoms with Crippen LogP contribution in [0.5, 0.6) is 17.2 Å². The molecule has 6 aromatic heterocycles. The van der Waals surface area contributed by atoms with Crippen LogP contribution < -0.4 is 61.5 Å². The Morgan fingerprint density at radius 3 is 1.13 bits per heavy atom. The van der Waals surface area contributed by atoms with Crippen LogP contribution in [0.25, 0.3) is 32.7 Å². The third kappa shape index (κ3) is 21.4. The van der Waals surface area contributed by atoms with Gasteiger partial charge in [-0.15, -0.1) is 0 Å². The number of carbonyl (C=O) groups is 3. The van der Waals surface area contributed by atoms with Gasteiger partial charge in [0.05, 0.1) is 74.8 Å². The number of halogens is 3. The molecule has 12 heterocycles. The maximum absolute atomic E-state index is 13.3. The van der Waals surface area contributed by atoms with Gasteiger partial charge in [0.2, 0.25) is 17.8 Å². The van der Waals surface area contributed by atoms with Crippen molar-refractivity contribution in [2.75, 3.05) is 149 Å². The number of hydrogen-bond donors (Lipinski definition) is 3. The predicted octanol–water partition coefficient (Wildman–Crippen LogP) is 13.8. The maximum Gasteiger partial charge on any atom is 0.293 e. The summed E-state index contributed by atoms with van der Waals surface area (Å²) in [7, 11) is 0. The van der Waals surface area contributed by atoms with Crippen LogP contribution in [0.1, 0.15) is 112 Å². The average molecular weight is 1650 g/mol. The minimum atomic E-state index is -0.237. The molecular weight excluding hydrogens is 1540 g/mol. The number of likely N-dealkylation sites (N-methyl/N-ethyl adjacent to an activating group) is 1. The number of aromatic nitrogens is 9. The number of rotatable bonds is 32. The molecule has 9 aromatic rings. The lowest BCUT2D eigenvalue weighted by Gasteiger charge is -2.34. The lowest BCUT2D eigenvalue weighted by Crippen LogP contribution is -2.46. The first-order valence-corrected chi connectivity index (χ1v) is 42.0. The number of nitrogens with zero attached hydrogens (tertiary/aromatic N) is 13. The van der Waals surface area contributed by atoms with E-state index in [4.69, 9.17) is 78.2 Å². The van der Waals surface area contributed by atoms with Gasteiger partial charge < -0.3 is 77.7 Å². The molecular formula is C85H105Cl3N16O12. The first-order chi connectivity index (χ1) is 56.3. The predicted molar refractivity (Wildman–Crippen MR) is 455 cm³/mol. The van der Waals surface area contributed by atoms with Crippen LogP contribution in [-0.4, -0.2) is 184 Å². The maximum atomic E-state index is 13.3. The SMILES string of the molecule is CCC(=O)COc1cc2cc(Nc3nc(N4CCCC(CC)C4)ncc3Cl)ccc2n(CCC2COC2)c1=O.CCC(=O)COc1cc2cc(Nc3nc(N4CCC[C@H](C)C4)ncc3Cl)ccc2n(CCC2COC2)c1=O.CCC(=O)COc1cc2cc(Nc3nc(N4CCN(CC)CC4)ncc3Cl)ccc2n(CCC2COC2)c1=O. The van der Waals surface area contributed by atoms with Crippen molar-refractivity contribution in [3.63, 3.8) is 0 Å². The third-order valence-electron chi connectivity index (χ3n) is 22.3. The Kier molecular flexibility index (Phi) is 29.1. The minimum absolute atomic E-state index is 0.0590. The molecule has 116 heavy (non-hydrogen) atoms. The first kappa shape index (κ1) is 84.4. The van der Waals surface area contributed by atoms with Crippen molar-refractivity contribution < 1.29 is 42.8 Å². The van der Waals surface area contributed by atoms with E-state index >= 15 is 0 Å². The molecule has 0 aliphatic carbocycles. The number of fused-ring (bicyclic) bond motifs is 3. The number of piperidine rings is 2. The normalized spacial score (nSPS) is 17.3. The van der Waals surface area contributed by atoms with Crippen molar-refractivity contribution >= 4 is 137 Å². The first-order valence-electron chi connectivity index (χ1n) is 40.9. The van der Waals surface area contributed by atoms with E-state index in [-0.39, 0.29) is 71.1 Å². The van der Waals surface area contributed by atoms with Gasteiger partial charge in [0.15, 0.2) is 52.1 Å². The van der Waals surface area contributed by atoms with Gasteiger partial charge in [0.25, 0.3) is 16.7 Å². The van der Waals surface area contributed by atoms with Gasteiger partial charge in [0, 0.05) is 142 Å². The molecule has 0 radical (unpaired) electrons. The van der Waals surface area contributed by atoms with E-state index in [9.17, 15) is 28.8 Å². The van der Waals surface area contributed by atoms with Crippen LogP contribution in [0.4, 0.5) is 52.4 Å². The number of carbonyl (C=O) groups excluding carboxylic acids is 3. The van der Waals surface area contributed by atoms with Crippen LogP contribution >= 0.6 is 34.8 Å². The van der Waals surface area contributed by atoms with Crippen LogP contribution in [0.2, 0.25) is 15.1 Å². The Hall–Kier alpha value is -9.55. The summed E-state index contributed by atoms with van der Waals surface area (Å²) in [5.74, 6) is 6.45. The van der Waals surface area contributed by atoms with E-state index in [1.807, 2.05) is 54.6 Å². The summed E-state index contributed by atoms with van der Waals surface area (Å²) in [4.78, 5) is 112. The van der Waals surface area contributed by atoms with Crippen molar-refractivity contribution in [3.8, 4) is 17.2 Å². The Labute approximate surface area is 689 Å². The fourth-order valence-corrected chi connectivity index (χ4v) is 15.2. The fraction of sp³-hybridized carbons (Fsp3) is 0.506. The summed E-state index contributed by atoms with van der Waals surface area (Å²) in [5, 5.41) is 13.7. The molecule has 31 heteroatoms. The lowest BCUT2D eigenvalue weighted by atomic mass is 9.96. The summed E-state index contributed by atoms with van der Waals surface area (Å²) in [6, 6.07) is 22.4. The number of pyridine rings is 3. The van der Waals surface area contributed by atoms with Gasteiger partial charge >= 0.3 is 0 Å². The number of aryl methyl sites for hydroxylation is 3. The molecule has 0 saturated carbocycles. The molecule has 6 aliphatic rings. The smallest absolute Gasteiger partial charge is 0.293 e. The van der Waals surface area contributed by atoms with Crippen molar-refractivity contribution in [2.24, 2.45) is 29.6 Å². The number of piperazine rings is 1. The Morgan fingerprint density at radius 2 is 0.802 bits per heavy atom. The van der Waals surface area contributed by atoms with Crippen LogP contribution in [0, 0.1) is 29.6 Å².